The van der Waals surface area contributed by atoms with Crippen LogP contribution in [0.3, 0.4) is 0 Å². The Hall–Kier alpha value is -1.90. The van der Waals surface area contributed by atoms with Gasteiger partial charge in [0.05, 0.1) is 9.79 Å². The van der Waals surface area contributed by atoms with Gasteiger partial charge in [-0.2, -0.15) is 0 Å². The van der Waals surface area contributed by atoms with Gasteiger partial charge in [0, 0.05) is 5.69 Å². The molecule has 0 spiro atoms. The van der Waals surface area contributed by atoms with Gasteiger partial charge in [0.2, 0.25) is 10.0 Å². The van der Waals surface area contributed by atoms with E-state index in [4.69, 9.17) is 0 Å². The van der Waals surface area contributed by atoms with Crippen LogP contribution in [0.5, 0.6) is 0 Å². The average molecular weight is 397 g/mol. The lowest BCUT2D eigenvalue weighted by atomic mass is 9.87. The second-order valence-electron chi connectivity index (χ2n) is 7.07. The summed E-state index contributed by atoms with van der Waals surface area (Å²) < 4.78 is 53.8. The van der Waals surface area contributed by atoms with E-state index in [-0.39, 0.29) is 15.2 Å². The van der Waals surface area contributed by atoms with Crippen LogP contribution in [0, 0.1) is 6.92 Å². The van der Waals surface area contributed by atoms with Gasteiger partial charge in [-0.15, -0.1) is 0 Å². The molecule has 2 aromatic rings. The molecule has 2 N–H and O–H groups in total. The van der Waals surface area contributed by atoms with Crippen LogP contribution in [0.25, 0.3) is 0 Å². The molecule has 0 saturated carbocycles. The van der Waals surface area contributed by atoms with E-state index < -0.39 is 20.0 Å². The molecule has 0 bridgehead atoms. The summed E-state index contributed by atoms with van der Waals surface area (Å²) >= 11 is 0. The summed E-state index contributed by atoms with van der Waals surface area (Å²) in [5, 5.41) is 0. The number of sulfonamides is 2. The van der Waals surface area contributed by atoms with Crippen molar-refractivity contribution in [2.45, 2.75) is 42.9 Å². The molecule has 0 aliphatic rings. The number of rotatable bonds is 5. The average Bonchev–Trinajstić information content (AvgIpc) is 2.54. The minimum Gasteiger partial charge on any atom is -0.280 e. The summed E-state index contributed by atoms with van der Waals surface area (Å²) in [6, 6.07) is 10.9. The summed E-state index contributed by atoms with van der Waals surface area (Å²) in [5.74, 6) is 0. The number of anilines is 1. The normalized spacial score (nSPS) is 12.8. The van der Waals surface area contributed by atoms with Gasteiger partial charge in [-0.1, -0.05) is 32.9 Å². The van der Waals surface area contributed by atoms with Crippen LogP contribution in [0.1, 0.15) is 31.9 Å². The quantitative estimate of drug-likeness (QED) is 0.813. The third-order valence-corrected chi connectivity index (χ3v) is 6.98. The van der Waals surface area contributed by atoms with E-state index in [1.54, 1.807) is 19.1 Å². The summed E-state index contributed by atoms with van der Waals surface area (Å²) in [6.07, 6.45) is 0. The molecule has 0 aliphatic carbocycles. The number of hydrogen-bond donors (Lipinski definition) is 2. The number of hydrogen-bond acceptors (Lipinski definition) is 4. The molecule has 0 aliphatic heterocycles. The standard InChI is InChI=1S/C18H24N2O4S2/c1-13-6-7-14(18(2,3)4)12-17(13)26(23,24)20-15-8-10-16(11-9-15)25(21,22)19-5/h6-12,19-20H,1-5H3. The lowest BCUT2D eigenvalue weighted by molar-refractivity contribution is 0.584. The highest BCUT2D eigenvalue weighted by molar-refractivity contribution is 7.92. The zero-order chi connectivity index (χ0) is 19.8. The van der Waals surface area contributed by atoms with Crippen molar-refractivity contribution >= 4 is 25.7 Å². The maximum absolute atomic E-state index is 12.8. The van der Waals surface area contributed by atoms with Crippen LogP contribution in [0.2, 0.25) is 0 Å². The Kier molecular flexibility index (Phi) is 5.51. The molecule has 0 radical (unpaired) electrons. The predicted molar refractivity (Wildman–Crippen MR) is 103 cm³/mol. The van der Waals surface area contributed by atoms with Crippen molar-refractivity contribution in [3.63, 3.8) is 0 Å². The second-order valence-corrected chi connectivity index (χ2v) is 10.6. The molecule has 0 saturated heterocycles. The van der Waals surface area contributed by atoms with Gasteiger partial charge in [0.25, 0.3) is 10.0 Å². The van der Waals surface area contributed by atoms with Gasteiger partial charge < -0.3 is 0 Å². The Labute approximate surface area is 155 Å². The van der Waals surface area contributed by atoms with E-state index in [9.17, 15) is 16.8 Å². The largest absolute Gasteiger partial charge is 0.280 e. The third kappa shape index (κ3) is 4.44. The molecule has 6 nitrogen and oxygen atoms in total. The molecule has 2 aromatic carbocycles. The zero-order valence-corrected chi connectivity index (χ0v) is 17.1. The zero-order valence-electron chi connectivity index (χ0n) is 15.5. The molecule has 2 rings (SSSR count). The molecule has 142 valence electrons. The Morgan fingerprint density at radius 2 is 1.42 bits per heavy atom. The van der Waals surface area contributed by atoms with Crippen molar-refractivity contribution in [3.8, 4) is 0 Å². The Balaban J connectivity index is 2.38. The molecule has 0 atom stereocenters. The van der Waals surface area contributed by atoms with Crippen LogP contribution in [-0.4, -0.2) is 23.9 Å². The van der Waals surface area contributed by atoms with Crippen molar-refractivity contribution in [2.24, 2.45) is 0 Å². The van der Waals surface area contributed by atoms with E-state index in [1.807, 2.05) is 26.8 Å². The smallest absolute Gasteiger partial charge is 0.262 e. The fraction of sp³-hybridized carbons (Fsp3) is 0.333. The first-order valence-electron chi connectivity index (χ1n) is 8.04. The van der Waals surface area contributed by atoms with Gasteiger partial charge in [-0.25, -0.2) is 21.6 Å². The van der Waals surface area contributed by atoms with Crippen molar-refractivity contribution in [3.05, 3.63) is 53.6 Å². The molecule has 0 fully saturated rings. The topological polar surface area (TPSA) is 92.3 Å². The first-order valence-corrected chi connectivity index (χ1v) is 11.0. The van der Waals surface area contributed by atoms with Gasteiger partial charge in [-0.3, -0.25) is 4.72 Å². The summed E-state index contributed by atoms with van der Waals surface area (Å²) in [4.78, 5) is 0.269. The maximum Gasteiger partial charge on any atom is 0.262 e. The van der Waals surface area contributed by atoms with E-state index >= 15 is 0 Å². The molecule has 0 amide bonds. The van der Waals surface area contributed by atoms with E-state index in [0.29, 0.717) is 11.3 Å². The lowest BCUT2D eigenvalue weighted by Crippen LogP contribution is -2.19. The molecule has 0 unspecified atom stereocenters. The molecule has 0 heterocycles. The highest BCUT2D eigenvalue weighted by atomic mass is 32.2. The monoisotopic (exact) mass is 396 g/mol. The van der Waals surface area contributed by atoms with Gasteiger partial charge in [0.1, 0.15) is 0 Å². The minimum atomic E-state index is -3.80. The van der Waals surface area contributed by atoms with Crippen molar-refractivity contribution < 1.29 is 16.8 Å². The van der Waals surface area contributed by atoms with Gasteiger partial charge in [0.15, 0.2) is 0 Å². The van der Waals surface area contributed by atoms with Crippen molar-refractivity contribution in [1.29, 1.82) is 0 Å². The number of nitrogens with one attached hydrogen (secondary N) is 2. The van der Waals surface area contributed by atoms with Crippen LogP contribution >= 0.6 is 0 Å². The fourth-order valence-corrected chi connectivity index (χ4v) is 4.45. The van der Waals surface area contributed by atoms with Crippen LogP contribution in [-0.2, 0) is 25.5 Å². The van der Waals surface area contributed by atoms with Crippen molar-refractivity contribution in [1.82, 2.24) is 4.72 Å². The highest BCUT2D eigenvalue weighted by Crippen LogP contribution is 2.28. The summed E-state index contributed by atoms with van der Waals surface area (Å²) in [5.41, 5.74) is 1.67. The SMILES string of the molecule is CNS(=O)(=O)c1ccc(NS(=O)(=O)c2cc(C(C)(C)C)ccc2C)cc1. The van der Waals surface area contributed by atoms with Crippen molar-refractivity contribution in [2.75, 3.05) is 11.8 Å². The minimum absolute atomic E-state index is 0.0638. The maximum atomic E-state index is 12.8. The first-order chi connectivity index (χ1) is 11.9. The molecular formula is C18H24N2O4S2. The van der Waals surface area contributed by atoms with Crippen LogP contribution in [0.15, 0.2) is 52.3 Å². The molecule has 26 heavy (non-hydrogen) atoms. The Bertz CT molecular complexity index is 1000. The van der Waals surface area contributed by atoms with Crippen LogP contribution < -0.4 is 9.44 Å². The molecule has 0 aromatic heterocycles. The Morgan fingerprint density at radius 3 is 1.92 bits per heavy atom. The number of benzene rings is 2. The third-order valence-electron chi connectivity index (χ3n) is 4.03. The van der Waals surface area contributed by atoms with E-state index in [2.05, 4.69) is 9.44 Å². The Morgan fingerprint density at radius 1 is 0.846 bits per heavy atom. The molecular weight excluding hydrogens is 372 g/mol. The highest BCUT2D eigenvalue weighted by Gasteiger charge is 2.22. The predicted octanol–water partition coefficient (Wildman–Crippen LogP) is 3.00. The van der Waals surface area contributed by atoms with Gasteiger partial charge >= 0.3 is 0 Å². The lowest BCUT2D eigenvalue weighted by Gasteiger charge is -2.21. The van der Waals surface area contributed by atoms with Gasteiger partial charge in [-0.05, 0) is 60.8 Å². The fourth-order valence-electron chi connectivity index (χ4n) is 2.39. The van der Waals surface area contributed by atoms with Crippen LogP contribution in [0.4, 0.5) is 5.69 Å². The molecule has 8 heteroatoms. The first kappa shape index (κ1) is 20.4. The van der Waals surface area contributed by atoms with E-state index in [0.717, 1.165) is 5.56 Å². The number of aryl methyl sites for hydroxylation is 1. The summed E-state index contributed by atoms with van der Waals surface area (Å²) in [7, 11) is -6.05. The van der Waals surface area contributed by atoms with E-state index in [1.165, 1.54) is 31.3 Å². The second kappa shape index (κ2) is 7.02. The summed E-state index contributed by atoms with van der Waals surface area (Å²) in [6.45, 7) is 7.79.